The highest BCUT2D eigenvalue weighted by Gasteiger charge is 2.16. The molecule has 128 valence electrons. The maximum atomic E-state index is 12.1. The maximum absolute atomic E-state index is 12.1. The van der Waals surface area contributed by atoms with Crippen LogP contribution in [0.25, 0.3) is 11.2 Å². The van der Waals surface area contributed by atoms with Crippen molar-refractivity contribution in [2.45, 2.75) is 6.54 Å². The van der Waals surface area contributed by atoms with Gasteiger partial charge in [0.2, 0.25) is 5.95 Å². The number of allylic oxidation sites excluding steroid dienone is 1. The number of rotatable bonds is 5. The fourth-order valence-electron chi connectivity index (χ4n) is 2.40. The van der Waals surface area contributed by atoms with E-state index < -0.39 is 11.2 Å². The normalized spacial score (nSPS) is 11.2. The first-order valence-corrected chi connectivity index (χ1v) is 7.40. The van der Waals surface area contributed by atoms with E-state index in [1.807, 2.05) is 0 Å². The molecule has 0 fully saturated rings. The van der Waals surface area contributed by atoms with Crippen LogP contribution in [0.2, 0.25) is 0 Å². The maximum Gasteiger partial charge on any atom is 0.329 e. The van der Waals surface area contributed by atoms with Crippen LogP contribution in [0.1, 0.15) is 5.56 Å². The Morgan fingerprint density at radius 2 is 2.24 bits per heavy atom. The fourth-order valence-corrected chi connectivity index (χ4v) is 2.40. The molecule has 3 rings (SSSR count). The minimum absolute atomic E-state index is 0.129. The highest BCUT2D eigenvalue weighted by molar-refractivity contribution is 5.81. The Hall–Kier alpha value is -3.62. The molecule has 0 aliphatic rings. The lowest BCUT2D eigenvalue weighted by atomic mass is 10.2. The molecule has 1 aromatic carbocycles. The Kier molecular flexibility index (Phi) is 4.21. The van der Waals surface area contributed by atoms with Gasteiger partial charge in [0.05, 0.1) is 6.21 Å². The number of benzene rings is 1. The number of fused-ring (bicyclic) bond motifs is 1. The second kappa shape index (κ2) is 6.48. The summed E-state index contributed by atoms with van der Waals surface area (Å²) in [5, 5.41) is 13.5. The summed E-state index contributed by atoms with van der Waals surface area (Å²) in [4.78, 5) is 30.4. The van der Waals surface area contributed by atoms with Gasteiger partial charge in [-0.25, -0.2) is 10.2 Å². The van der Waals surface area contributed by atoms with Crippen molar-refractivity contribution in [3.8, 4) is 5.75 Å². The van der Waals surface area contributed by atoms with E-state index in [1.165, 1.54) is 17.8 Å². The van der Waals surface area contributed by atoms with E-state index in [-0.39, 0.29) is 22.9 Å². The molecule has 0 atom stereocenters. The quantitative estimate of drug-likeness (QED) is 0.360. The van der Waals surface area contributed by atoms with Gasteiger partial charge in [-0.1, -0.05) is 18.2 Å². The van der Waals surface area contributed by atoms with Crippen LogP contribution in [0.5, 0.6) is 5.75 Å². The number of hydrogen-bond donors (Lipinski definition) is 3. The van der Waals surface area contributed by atoms with Crippen LogP contribution >= 0.6 is 0 Å². The molecular formula is C16H16N6O3. The van der Waals surface area contributed by atoms with Crippen molar-refractivity contribution in [1.82, 2.24) is 19.1 Å². The molecular weight excluding hydrogens is 324 g/mol. The monoisotopic (exact) mass is 340 g/mol. The number of aryl methyl sites for hydroxylation is 1. The summed E-state index contributed by atoms with van der Waals surface area (Å²) in [5.74, 6) is 0.419. The molecule has 0 amide bonds. The molecule has 0 radical (unpaired) electrons. The van der Waals surface area contributed by atoms with E-state index >= 15 is 0 Å². The van der Waals surface area contributed by atoms with Crippen LogP contribution in [0.4, 0.5) is 5.95 Å². The van der Waals surface area contributed by atoms with Crippen LogP contribution in [0.3, 0.4) is 0 Å². The van der Waals surface area contributed by atoms with Crippen molar-refractivity contribution in [2.75, 3.05) is 5.43 Å². The van der Waals surface area contributed by atoms with Gasteiger partial charge in [-0.2, -0.15) is 10.1 Å². The number of H-pyrrole nitrogens is 1. The molecule has 2 aromatic heterocycles. The zero-order chi connectivity index (χ0) is 18.0. The summed E-state index contributed by atoms with van der Waals surface area (Å²) in [5.41, 5.74) is 2.85. The van der Waals surface area contributed by atoms with Crippen LogP contribution < -0.4 is 16.7 Å². The Morgan fingerprint density at radius 3 is 2.96 bits per heavy atom. The molecule has 25 heavy (non-hydrogen) atoms. The first-order chi connectivity index (χ1) is 12.0. The van der Waals surface area contributed by atoms with Crippen molar-refractivity contribution < 1.29 is 5.11 Å². The van der Waals surface area contributed by atoms with Gasteiger partial charge in [-0.05, 0) is 17.7 Å². The Morgan fingerprint density at radius 1 is 1.44 bits per heavy atom. The van der Waals surface area contributed by atoms with Gasteiger partial charge in [0.1, 0.15) is 5.75 Å². The zero-order valence-electron chi connectivity index (χ0n) is 13.4. The van der Waals surface area contributed by atoms with Gasteiger partial charge < -0.3 is 5.11 Å². The third-order valence-electron chi connectivity index (χ3n) is 3.57. The molecule has 9 heteroatoms. The lowest BCUT2D eigenvalue weighted by Gasteiger charge is -2.04. The highest BCUT2D eigenvalue weighted by Crippen LogP contribution is 2.15. The smallest absolute Gasteiger partial charge is 0.329 e. The topological polar surface area (TPSA) is 117 Å². The number of imidazole rings is 1. The number of phenolic OH excluding ortho intramolecular Hbond substituents is 1. The van der Waals surface area contributed by atoms with Gasteiger partial charge in [0.15, 0.2) is 11.2 Å². The number of nitrogens with one attached hydrogen (secondary N) is 2. The lowest BCUT2D eigenvalue weighted by Crippen LogP contribution is -2.29. The summed E-state index contributed by atoms with van der Waals surface area (Å²) in [6, 6.07) is 6.57. The van der Waals surface area contributed by atoms with Gasteiger partial charge >= 0.3 is 5.69 Å². The van der Waals surface area contributed by atoms with Crippen LogP contribution in [-0.2, 0) is 13.6 Å². The fraction of sp³-hybridized carbons (Fsp3) is 0.125. The van der Waals surface area contributed by atoms with Crippen molar-refractivity contribution in [3.63, 3.8) is 0 Å². The largest absolute Gasteiger partial charge is 0.508 e. The van der Waals surface area contributed by atoms with E-state index in [9.17, 15) is 14.7 Å². The van der Waals surface area contributed by atoms with Gasteiger partial charge in [0.25, 0.3) is 5.56 Å². The molecule has 0 saturated carbocycles. The first-order valence-electron chi connectivity index (χ1n) is 7.40. The number of phenols is 1. The summed E-state index contributed by atoms with van der Waals surface area (Å²) in [6.07, 6.45) is 3.11. The van der Waals surface area contributed by atoms with Crippen LogP contribution in [0, 0.1) is 0 Å². The molecule has 0 saturated heterocycles. The highest BCUT2D eigenvalue weighted by atomic mass is 16.3. The molecule has 2 heterocycles. The van der Waals surface area contributed by atoms with E-state index in [0.717, 1.165) is 0 Å². The second-order valence-electron chi connectivity index (χ2n) is 5.29. The number of nitrogens with zero attached hydrogens (tertiary/aromatic N) is 4. The molecule has 0 aliphatic carbocycles. The summed E-state index contributed by atoms with van der Waals surface area (Å²) in [7, 11) is 1.52. The summed E-state index contributed by atoms with van der Waals surface area (Å²) in [6.45, 7) is 3.97. The van der Waals surface area contributed by atoms with Crippen molar-refractivity contribution in [3.05, 3.63) is 63.3 Å². The molecule has 9 nitrogen and oxygen atoms in total. The first kappa shape index (κ1) is 16.2. The van der Waals surface area contributed by atoms with E-state index in [0.29, 0.717) is 12.1 Å². The Bertz CT molecular complexity index is 1090. The second-order valence-corrected chi connectivity index (χ2v) is 5.29. The Balaban J connectivity index is 2.03. The number of hydrogen-bond acceptors (Lipinski definition) is 6. The standard InChI is InChI=1S/C16H16N6O3/c1-3-7-22-12-13(21(2)16(25)19-14(12)24)18-15(22)20-17-9-10-5-4-6-11(23)8-10/h3-6,8-9,23H,1,7H2,2H3,(H,18,20)(H,19,24,25)/b17-9-. The molecule has 3 aromatic rings. The van der Waals surface area contributed by atoms with Crippen LogP contribution in [-0.4, -0.2) is 30.4 Å². The molecule has 3 N–H and O–H groups in total. The predicted molar refractivity (Wildman–Crippen MR) is 95.1 cm³/mol. The van der Waals surface area contributed by atoms with E-state index in [1.54, 1.807) is 34.9 Å². The molecule has 0 spiro atoms. The SMILES string of the molecule is C=CCn1c(N/N=C\c2cccc(O)c2)nc2c1c(=O)[nH]c(=O)n2C. The van der Waals surface area contributed by atoms with E-state index in [4.69, 9.17) is 0 Å². The number of aromatic amines is 1. The third kappa shape index (κ3) is 3.07. The number of aromatic hydroxyl groups is 1. The number of anilines is 1. The zero-order valence-corrected chi connectivity index (χ0v) is 13.4. The molecule has 0 bridgehead atoms. The van der Waals surface area contributed by atoms with Crippen LogP contribution in [0.15, 0.2) is 51.6 Å². The summed E-state index contributed by atoms with van der Waals surface area (Å²) < 4.78 is 2.82. The Labute approximate surface area is 141 Å². The van der Waals surface area contributed by atoms with Crippen molar-refractivity contribution in [1.29, 1.82) is 0 Å². The van der Waals surface area contributed by atoms with E-state index in [2.05, 4.69) is 27.1 Å². The molecule has 0 unspecified atom stereocenters. The predicted octanol–water partition coefficient (Wildman–Crippen LogP) is 0.761. The minimum Gasteiger partial charge on any atom is -0.508 e. The van der Waals surface area contributed by atoms with Gasteiger partial charge in [-0.3, -0.25) is 18.9 Å². The van der Waals surface area contributed by atoms with Gasteiger partial charge in [0, 0.05) is 13.6 Å². The third-order valence-corrected chi connectivity index (χ3v) is 3.57. The number of aromatic nitrogens is 4. The number of hydrazone groups is 1. The summed E-state index contributed by atoms with van der Waals surface area (Å²) >= 11 is 0. The van der Waals surface area contributed by atoms with Gasteiger partial charge in [-0.15, -0.1) is 6.58 Å². The van der Waals surface area contributed by atoms with Crippen molar-refractivity contribution in [2.24, 2.45) is 12.1 Å². The van der Waals surface area contributed by atoms with Crippen molar-refractivity contribution >= 4 is 23.3 Å². The lowest BCUT2D eigenvalue weighted by molar-refractivity contribution is 0.475. The average molecular weight is 340 g/mol. The molecule has 0 aliphatic heterocycles. The average Bonchev–Trinajstić information content (AvgIpc) is 2.93. The minimum atomic E-state index is -0.546.